The summed E-state index contributed by atoms with van der Waals surface area (Å²) in [5.74, 6) is 1.21. The molecule has 0 aromatic rings. The van der Waals surface area contributed by atoms with Crippen LogP contribution in [0.25, 0.3) is 0 Å². The highest BCUT2D eigenvalue weighted by Gasteiger charge is 2.27. The van der Waals surface area contributed by atoms with Crippen LogP contribution in [0.2, 0.25) is 0 Å². The van der Waals surface area contributed by atoms with E-state index in [0.717, 1.165) is 10.4 Å². The minimum atomic E-state index is 0.596. The lowest BCUT2D eigenvalue weighted by atomic mass is 9.96. The summed E-state index contributed by atoms with van der Waals surface area (Å²) in [6.45, 7) is 2.25. The van der Waals surface area contributed by atoms with Crippen molar-refractivity contribution in [1.82, 2.24) is 10.6 Å². The van der Waals surface area contributed by atoms with Crippen molar-refractivity contribution in [2.24, 2.45) is 0 Å². The Labute approximate surface area is 121 Å². The second kappa shape index (κ2) is 7.59. The molecule has 0 amide bonds. The second-order valence-corrected chi connectivity index (χ2v) is 7.41. The predicted octanol–water partition coefficient (Wildman–Crippen LogP) is 3.46. The molecule has 2 saturated carbocycles. The number of hydrogen-bond acceptors (Lipinski definition) is 2. The van der Waals surface area contributed by atoms with E-state index in [0.29, 0.717) is 12.1 Å². The van der Waals surface area contributed by atoms with Crippen LogP contribution < -0.4 is 10.6 Å². The van der Waals surface area contributed by atoms with Crippen LogP contribution in [0.5, 0.6) is 0 Å². The first-order valence-corrected chi connectivity index (χ1v) is 8.94. The van der Waals surface area contributed by atoms with Crippen molar-refractivity contribution >= 4 is 29.1 Å². The van der Waals surface area contributed by atoms with Crippen molar-refractivity contribution in [1.29, 1.82) is 0 Å². The third-order valence-electron chi connectivity index (χ3n) is 4.09. The number of thioether (sulfide) groups is 1. The van der Waals surface area contributed by atoms with Crippen LogP contribution in [0.3, 0.4) is 0 Å². The van der Waals surface area contributed by atoms with Gasteiger partial charge in [0.05, 0.1) is 0 Å². The van der Waals surface area contributed by atoms with Gasteiger partial charge in [-0.05, 0) is 43.7 Å². The average Bonchev–Trinajstić information content (AvgIpc) is 2.78. The molecule has 0 aromatic carbocycles. The monoisotopic (exact) mass is 286 g/mol. The Hall–Kier alpha value is 0.0400. The fourth-order valence-electron chi connectivity index (χ4n) is 3.15. The zero-order valence-corrected chi connectivity index (χ0v) is 13.0. The molecule has 2 atom stereocenters. The van der Waals surface area contributed by atoms with Crippen molar-refractivity contribution in [3.63, 3.8) is 0 Å². The molecule has 0 aromatic heterocycles. The number of nitrogens with one attached hydrogen (secondary N) is 2. The van der Waals surface area contributed by atoms with E-state index in [4.69, 9.17) is 12.2 Å². The van der Waals surface area contributed by atoms with E-state index in [9.17, 15) is 0 Å². The third-order valence-corrected chi connectivity index (χ3v) is 5.65. The molecule has 0 radical (unpaired) electrons. The lowest BCUT2D eigenvalue weighted by Crippen LogP contribution is -2.48. The van der Waals surface area contributed by atoms with Crippen LogP contribution in [-0.4, -0.2) is 28.2 Å². The quantitative estimate of drug-likeness (QED) is 0.773. The molecule has 0 heterocycles. The molecule has 0 bridgehead atoms. The standard InChI is InChI=1S/C14H26N2S2/c1-2-18-13-10-6-9-12(13)16-14(17)15-11-7-4-3-5-8-11/h11-13H,2-10H2,1H3,(H2,15,16,17). The lowest BCUT2D eigenvalue weighted by Gasteiger charge is -2.27. The molecule has 2 unspecified atom stereocenters. The van der Waals surface area contributed by atoms with Crippen LogP contribution in [0.4, 0.5) is 0 Å². The van der Waals surface area contributed by atoms with Gasteiger partial charge in [-0.25, -0.2) is 0 Å². The average molecular weight is 287 g/mol. The summed E-state index contributed by atoms with van der Waals surface area (Å²) in [5.41, 5.74) is 0. The van der Waals surface area contributed by atoms with Gasteiger partial charge in [-0.15, -0.1) is 0 Å². The maximum absolute atomic E-state index is 5.48. The van der Waals surface area contributed by atoms with Gasteiger partial charge >= 0.3 is 0 Å². The lowest BCUT2D eigenvalue weighted by molar-refractivity contribution is 0.410. The minimum Gasteiger partial charge on any atom is -0.360 e. The minimum absolute atomic E-state index is 0.596. The Kier molecular flexibility index (Phi) is 6.09. The van der Waals surface area contributed by atoms with Gasteiger partial charge in [-0.1, -0.05) is 32.6 Å². The molecule has 4 heteroatoms. The highest BCUT2D eigenvalue weighted by Crippen LogP contribution is 2.29. The highest BCUT2D eigenvalue weighted by molar-refractivity contribution is 7.99. The zero-order valence-electron chi connectivity index (χ0n) is 11.4. The Morgan fingerprint density at radius 3 is 2.56 bits per heavy atom. The Bertz CT molecular complexity index is 265. The SMILES string of the molecule is CCSC1CCCC1NC(=S)NC1CCCCC1. The Morgan fingerprint density at radius 1 is 1.06 bits per heavy atom. The van der Waals surface area contributed by atoms with E-state index in [2.05, 4.69) is 29.3 Å². The van der Waals surface area contributed by atoms with Gasteiger partial charge in [0.2, 0.25) is 0 Å². The second-order valence-electron chi connectivity index (χ2n) is 5.48. The van der Waals surface area contributed by atoms with Gasteiger partial charge in [-0.3, -0.25) is 0 Å². The highest BCUT2D eigenvalue weighted by atomic mass is 32.2. The smallest absolute Gasteiger partial charge is 0.166 e. The molecule has 2 nitrogen and oxygen atoms in total. The Balaban J connectivity index is 1.72. The van der Waals surface area contributed by atoms with E-state index in [-0.39, 0.29) is 0 Å². The van der Waals surface area contributed by atoms with Gasteiger partial charge in [0.15, 0.2) is 5.11 Å². The molecule has 104 valence electrons. The van der Waals surface area contributed by atoms with Gasteiger partial charge in [0.1, 0.15) is 0 Å². The van der Waals surface area contributed by atoms with Crippen LogP contribution in [-0.2, 0) is 0 Å². The molecule has 0 spiro atoms. The zero-order chi connectivity index (χ0) is 12.8. The summed E-state index contributed by atoms with van der Waals surface area (Å²) in [6, 6.07) is 1.22. The molecular weight excluding hydrogens is 260 g/mol. The molecule has 2 fully saturated rings. The van der Waals surface area contributed by atoms with Crippen molar-refractivity contribution in [2.45, 2.75) is 75.6 Å². The Morgan fingerprint density at radius 2 is 1.83 bits per heavy atom. The molecule has 2 aliphatic carbocycles. The van der Waals surface area contributed by atoms with Gasteiger partial charge in [-0.2, -0.15) is 11.8 Å². The van der Waals surface area contributed by atoms with E-state index < -0.39 is 0 Å². The van der Waals surface area contributed by atoms with Crippen molar-refractivity contribution in [3.8, 4) is 0 Å². The number of hydrogen-bond donors (Lipinski definition) is 2. The molecular formula is C14H26N2S2. The van der Waals surface area contributed by atoms with Crippen LogP contribution in [0, 0.1) is 0 Å². The first-order chi connectivity index (χ1) is 8.79. The summed E-state index contributed by atoms with van der Waals surface area (Å²) in [6.07, 6.45) is 10.7. The summed E-state index contributed by atoms with van der Waals surface area (Å²) < 4.78 is 0. The summed E-state index contributed by atoms with van der Waals surface area (Å²) in [4.78, 5) is 0. The summed E-state index contributed by atoms with van der Waals surface area (Å²) in [5, 5.41) is 8.74. The fraction of sp³-hybridized carbons (Fsp3) is 0.929. The van der Waals surface area contributed by atoms with Crippen molar-refractivity contribution in [3.05, 3.63) is 0 Å². The number of thiocarbonyl (C=S) groups is 1. The largest absolute Gasteiger partial charge is 0.360 e. The van der Waals surface area contributed by atoms with Crippen molar-refractivity contribution in [2.75, 3.05) is 5.75 Å². The fourth-order valence-corrected chi connectivity index (χ4v) is 4.66. The first-order valence-electron chi connectivity index (χ1n) is 7.48. The van der Waals surface area contributed by atoms with Crippen LogP contribution >= 0.6 is 24.0 Å². The molecule has 2 rings (SSSR count). The molecule has 2 aliphatic rings. The molecule has 18 heavy (non-hydrogen) atoms. The summed E-state index contributed by atoms with van der Waals surface area (Å²) >= 11 is 7.56. The van der Waals surface area contributed by atoms with Gasteiger partial charge in [0, 0.05) is 17.3 Å². The molecule has 0 aliphatic heterocycles. The predicted molar refractivity (Wildman–Crippen MR) is 85.3 cm³/mol. The maximum Gasteiger partial charge on any atom is 0.166 e. The molecule has 0 saturated heterocycles. The van der Waals surface area contributed by atoms with Gasteiger partial charge in [0.25, 0.3) is 0 Å². The van der Waals surface area contributed by atoms with E-state index in [1.54, 1.807) is 0 Å². The van der Waals surface area contributed by atoms with Crippen LogP contribution in [0.15, 0.2) is 0 Å². The normalized spacial score (nSPS) is 29.2. The van der Waals surface area contributed by atoms with E-state index >= 15 is 0 Å². The number of rotatable bonds is 4. The van der Waals surface area contributed by atoms with Gasteiger partial charge < -0.3 is 10.6 Å². The maximum atomic E-state index is 5.48. The topological polar surface area (TPSA) is 24.1 Å². The van der Waals surface area contributed by atoms with E-state index in [1.165, 1.54) is 57.1 Å². The third kappa shape index (κ3) is 4.30. The van der Waals surface area contributed by atoms with E-state index in [1.807, 2.05) is 0 Å². The summed E-state index contributed by atoms with van der Waals surface area (Å²) in [7, 11) is 0. The van der Waals surface area contributed by atoms with Crippen LogP contribution in [0.1, 0.15) is 58.3 Å². The van der Waals surface area contributed by atoms with Crippen molar-refractivity contribution < 1.29 is 0 Å². The molecule has 2 N–H and O–H groups in total. The first kappa shape index (κ1) is 14.4.